The van der Waals surface area contributed by atoms with Crippen molar-refractivity contribution in [1.29, 1.82) is 0 Å². The number of sulfonamides is 1. The molecule has 0 atom stereocenters. The molecule has 0 fully saturated rings. The molecule has 0 saturated heterocycles. The summed E-state index contributed by atoms with van der Waals surface area (Å²) in [6, 6.07) is 2.36. The molecule has 1 rings (SSSR count). The molecule has 0 aliphatic rings. The Labute approximate surface area is 140 Å². The summed E-state index contributed by atoms with van der Waals surface area (Å²) in [5.74, 6) is 1.80. The van der Waals surface area contributed by atoms with Gasteiger partial charge in [-0.2, -0.15) is 0 Å². The standard InChI is InChI=1S/C14H16Cl2N2O3S/c1-4-5-17-14(19)10-6-13(12(16)7-11(10)15)22(20,21)18-8-9(2)3/h1,6-7,9,18H,5,8H2,2-3H3,(H,17,19). The Bertz CT molecular complexity index is 710. The van der Waals surface area contributed by atoms with Crippen LogP contribution in [0, 0.1) is 18.3 Å². The number of rotatable bonds is 6. The fraction of sp³-hybridized carbons (Fsp3) is 0.357. The first-order valence-electron chi connectivity index (χ1n) is 6.39. The van der Waals surface area contributed by atoms with E-state index >= 15 is 0 Å². The van der Waals surface area contributed by atoms with Gasteiger partial charge in [-0.1, -0.05) is 43.0 Å². The zero-order valence-electron chi connectivity index (χ0n) is 12.1. The van der Waals surface area contributed by atoms with Crippen molar-refractivity contribution in [3.63, 3.8) is 0 Å². The minimum atomic E-state index is -3.84. The van der Waals surface area contributed by atoms with Gasteiger partial charge in [0, 0.05) is 6.54 Å². The lowest BCUT2D eigenvalue weighted by molar-refractivity contribution is 0.0958. The molecule has 0 spiro atoms. The first-order chi connectivity index (χ1) is 10.2. The molecule has 0 saturated carbocycles. The van der Waals surface area contributed by atoms with E-state index in [1.807, 2.05) is 13.8 Å². The van der Waals surface area contributed by atoms with Crippen LogP contribution < -0.4 is 10.0 Å². The van der Waals surface area contributed by atoms with E-state index in [-0.39, 0.29) is 39.5 Å². The number of amides is 1. The Hall–Kier alpha value is -1.26. The molecule has 1 amide bonds. The smallest absolute Gasteiger partial charge is 0.253 e. The third kappa shape index (κ3) is 4.89. The van der Waals surface area contributed by atoms with Crippen molar-refractivity contribution in [3.05, 3.63) is 27.7 Å². The van der Waals surface area contributed by atoms with Crippen LogP contribution in [0.1, 0.15) is 24.2 Å². The highest BCUT2D eigenvalue weighted by Crippen LogP contribution is 2.28. The summed E-state index contributed by atoms with van der Waals surface area (Å²) in [4.78, 5) is 11.7. The second-order valence-corrected chi connectivity index (χ2v) is 7.44. The van der Waals surface area contributed by atoms with Gasteiger partial charge < -0.3 is 5.32 Å². The minimum Gasteiger partial charge on any atom is -0.341 e. The highest BCUT2D eigenvalue weighted by atomic mass is 35.5. The predicted molar refractivity (Wildman–Crippen MR) is 87.7 cm³/mol. The summed E-state index contributed by atoms with van der Waals surface area (Å²) in [6.07, 6.45) is 5.06. The molecular weight excluding hydrogens is 347 g/mol. The van der Waals surface area contributed by atoms with E-state index in [2.05, 4.69) is 16.0 Å². The Morgan fingerprint density at radius 2 is 1.95 bits per heavy atom. The van der Waals surface area contributed by atoms with Crippen molar-refractivity contribution in [2.24, 2.45) is 5.92 Å². The maximum Gasteiger partial charge on any atom is 0.253 e. The molecular formula is C14H16Cl2N2O3S. The summed E-state index contributed by atoms with van der Waals surface area (Å²) in [7, 11) is -3.84. The highest BCUT2D eigenvalue weighted by Gasteiger charge is 2.22. The van der Waals surface area contributed by atoms with Gasteiger partial charge in [-0.3, -0.25) is 4.79 Å². The third-order valence-electron chi connectivity index (χ3n) is 2.59. The van der Waals surface area contributed by atoms with E-state index in [1.54, 1.807) is 0 Å². The monoisotopic (exact) mass is 362 g/mol. The Balaban J connectivity index is 3.21. The lowest BCUT2D eigenvalue weighted by Gasteiger charge is -2.12. The van der Waals surface area contributed by atoms with E-state index in [1.165, 1.54) is 6.07 Å². The Kier molecular flexibility index (Phi) is 6.69. The van der Waals surface area contributed by atoms with Crippen molar-refractivity contribution in [2.75, 3.05) is 13.1 Å². The average Bonchev–Trinajstić information content (AvgIpc) is 2.42. The van der Waals surface area contributed by atoms with Crippen molar-refractivity contribution in [3.8, 4) is 12.3 Å². The normalized spacial score (nSPS) is 11.3. The van der Waals surface area contributed by atoms with Crippen LogP contribution in [0.4, 0.5) is 0 Å². The predicted octanol–water partition coefficient (Wildman–Crippen LogP) is 2.29. The molecule has 0 unspecified atom stereocenters. The van der Waals surface area contributed by atoms with Crippen LogP contribution >= 0.6 is 23.2 Å². The molecule has 1 aromatic rings. The van der Waals surface area contributed by atoms with Gasteiger partial charge in [0.25, 0.3) is 5.91 Å². The second-order valence-electron chi connectivity index (χ2n) is 4.90. The zero-order chi connectivity index (χ0) is 16.9. The van der Waals surface area contributed by atoms with E-state index in [0.29, 0.717) is 0 Å². The summed E-state index contributed by atoms with van der Waals surface area (Å²) in [6.45, 7) is 3.99. The van der Waals surface area contributed by atoms with Crippen molar-refractivity contribution in [2.45, 2.75) is 18.7 Å². The van der Waals surface area contributed by atoms with Gasteiger partial charge in [-0.25, -0.2) is 13.1 Å². The van der Waals surface area contributed by atoms with Crippen molar-refractivity contribution < 1.29 is 13.2 Å². The van der Waals surface area contributed by atoms with E-state index in [4.69, 9.17) is 29.6 Å². The van der Waals surface area contributed by atoms with Gasteiger partial charge in [-0.15, -0.1) is 6.42 Å². The topological polar surface area (TPSA) is 75.3 Å². The van der Waals surface area contributed by atoms with Gasteiger partial charge >= 0.3 is 0 Å². The Morgan fingerprint density at radius 3 is 2.50 bits per heavy atom. The fourth-order valence-corrected chi connectivity index (χ4v) is 3.56. The maximum absolute atomic E-state index is 12.3. The summed E-state index contributed by atoms with van der Waals surface area (Å²) in [5, 5.41) is 2.40. The summed E-state index contributed by atoms with van der Waals surface area (Å²) in [5.41, 5.74) is -0.00811. The Morgan fingerprint density at radius 1 is 1.32 bits per heavy atom. The van der Waals surface area contributed by atoms with Gasteiger partial charge in [0.2, 0.25) is 10.0 Å². The summed E-state index contributed by atoms with van der Waals surface area (Å²) >= 11 is 11.9. The number of halogens is 2. The first kappa shape index (κ1) is 18.8. The SMILES string of the molecule is C#CCNC(=O)c1cc(S(=O)(=O)NCC(C)C)c(Cl)cc1Cl. The van der Waals surface area contributed by atoms with Crippen LogP contribution in [0.2, 0.25) is 10.0 Å². The van der Waals surface area contributed by atoms with Gasteiger partial charge in [0.15, 0.2) is 0 Å². The average molecular weight is 363 g/mol. The minimum absolute atomic E-state index is 0.00543. The molecule has 8 heteroatoms. The van der Waals surface area contributed by atoms with E-state index < -0.39 is 15.9 Å². The molecule has 0 radical (unpaired) electrons. The van der Waals surface area contributed by atoms with Gasteiger partial charge in [0.1, 0.15) is 4.90 Å². The number of nitrogens with one attached hydrogen (secondary N) is 2. The van der Waals surface area contributed by atoms with Crippen LogP contribution in [0.15, 0.2) is 17.0 Å². The molecule has 0 aliphatic heterocycles. The zero-order valence-corrected chi connectivity index (χ0v) is 14.4. The lowest BCUT2D eigenvalue weighted by Crippen LogP contribution is -2.29. The number of hydrogen-bond donors (Lipinski definition) is 2. The van der Waals surface area contributed by atoms with Crippen LogP contribution in [-0.4, -0.2) is 27.4 Å². The van der Waals surface area contributed by atoms with Crippen LogP contribution in [-0.2, 0) is 10.0 Å². The van der Waals surface area contributed by atoms with Gasteiger partial charge in [0.05, 0.1) is 22.2 Å². The van der Waals surface area contributed by atoms with Crippen LogP contribution in [0.5, 0.6) is 0 Å². The molecule has 0 bridgehead atoms. The van der Waals surface area contributed by atoms with Crippen molar-refractivity contribution >= 4 is 39.1 Å². The van der Waals surface area contributed by atoms with E-state index in [0.717, 1.165) is 6.07 Å². The quantitative estimate of drug-likeness (QED) is 0.762. The maximum atomic E-state index is 12.3. The van der Waals surface area contributed by atoms with Gasteiger partial charge in [-0.05, 0) is 18.1 Å². The number of carbonyl (C=O) groups excluding carboxylic acids is 1. The fourth-order valence-electron chi connectivity index (χ4n) is 1.49. The number of benzene rings is 1. The molecule has 0 heterocycles. The third-order valence-corrected chi connectivity index (χ3v) is 4.79. The molecule has 120 valence electrons. The molecule has 0 aliphatic carbocycles. The van der Waals surface area contributed by atoms with E-state index in [9.17, 15) is 13.2 Å². The highest BCUT2D eigenvalue weighted by molar-refractivity contribution is 7.89. The molecule has 5 nitrogen and oxygen atoms in total. The van der Waals surface area contributed by atoms with Crippen LogP contribution in [0.3, 0.4) is 0 Å². The molecule has 1 aromatic carbocycles. The first-order valence-corrected chi connectivity index (χ1v) is 8.63. The lowest BCUT2D eigenvalue weighted by atomic mass is 10.2. The molecule has 22 heavy (non-hydrogen) atoms. The molecule has 0 aromatic heterocycles. The largest absolute Gasteiger partial charge is 0.341 e. The van der Waals surface area contributed by atoms with Crippen LogP contribution in [0.25, 0.3) is 0 Å². The molecule has 2 N–H and O–H groups in total. The number of hydrogen-bond acceptors (Lipinski definition) is 3. The second kappa shape index (κ2) is 7.84. The number of terminal acetylenes is 1. The van der Waals surface area contributed by atoms with Crippen molar-refractivity contribution in [1.82, 2.24) is 10.0 Å². The summed E-state index contributed by atoms with van der Waals surface area (Å²) < 4.78 is 26.9. The number of carbonyl (C=O) groups is 1.